The highest BCUT2D eigenvalue weighted by Crippen LogP contribution is 2.42. The van der Waals surface area contributed by atoms with E-state index in [0.29, 0.717) is 0 Å². The Balaban J connectivity index is 1.58. The molecule has 56 heteroatoms. The van der Waals surface area contributed by atoms with Crippen molar-refractivity contribution in [2.24, 2.45) is 5.73 Å². The molecule has 49 nitrogen and oxygen atoms in total. The second-order valence-corrected chi connectivity index (χ2v) is 23.2. The summed E-state index contributed by atoms with van der Waals surface area (Å²) in [5, 5.41) is 83.4. The SMILES string of the molecule is COC1C(OC)[C@H](O[C@H]2O[C@H](COS(=O)(=O)[O-])[C@@H](O[C@@H]3OC(C(=O)[O-])[C@H](O[C@@H]4OC(COS(=O)(=O)[O-])[C@H](OC)[C@H](OC)C4N)[C@H](OC)C3OC)C(OSOO[O-])C2OSOO[O-])[C@H](C(=O)[O-])O[C@@H]1O[C@H]1C(COS(=O)(=O)[O-])O[C@@H](OC)C(OSOO[O-])[C@H]1OSOO[O-]. The van der Waals surface area contributed by atoms with E-state index in [2.05, 4.69) is 50.0 Å². The van der Waals surface area contributed by atoms with E-state index >= 15 is 0 Å². The lowest BCUT2D eigenvalue weighted by molar-refractivity contribution is -0.778. The number of carboxylic acid groups (broad SMARTS) is 2. The van der Waals surface area contributed by atoms with Gasteiger partial charge < -0.3 is 136 Å². The van der Waals surface area contributed by atoms with Crippen molar-refractivity contribution in [3.8, 4) is 0 Å². The average molecular weight is 1510 g/mol. The first-order chi connectivity index (χ1) is 44.1. The summed E-state index contributed by atoms with van der Waals surface area (Å²) in [5.41, 5.74) is 6.41. The number of methoxy groups -OCH3 is 7. The van der Waals surface area contributed by atoms with Crippen LogP contribution in [0.2, 0.25) is 0 Å². The van der Waals surface area contributed by atoms with Gasteiger partial charge in [-0.1, -0.05) is 0 Å². The number of carboxylic acids is 2. The Morgan fingerprint density at radius 2 is 0.656 bits per heavy atom. The van der Waals surface area contributed by atoms with Crippen molar-refractivity contribution < 1.29 is 222 Å². The quantitative estimate of drug-likeness (QED) is 0.0148. The standard InChI is InChI=1S/C37H63NO48S7/c1-56-15-11(8-63-91(47,48)49)66-33(14(38)18(15)57-2)71-21-19(58-3)27(60-5)35(73-25(21)31(39)40)70-17-13(10-65-93(53,54)55)68-37(30(78-90-86-82-46)24(17)76-88-84-80-44)72-22-20(59-4)28(61-6)36(74-26(22)32(41)42)69-16-12(9-64-92(50,51)52)67-34(62-7)29(77-89-85-81-45)23(16)75-87-83-79-43/h11-30,33-37,43-46H,8-10,38H2,1-7H3,(H,39,40)(H,41,42)(H,47,48,49)(H,50,51,52)(H,53,54,55)/p-9/t11?,12?,13-,14?,15+,16+,17-,18-,19+,20?,21-,22+,23+,24?,25?,26-,27?,28?,29?,30?,33+,34-,35-,36+,37-/m1/s1. The van der Waals surface area contributed by atoms with Crippen LogP contribution in [0, 0.1) is 0 Å². The van der Waals surface area contributed by atoms with Crippen molar-refractivity contribution in [3.05, 3.63) is 0 Å². The van der Waals surface area contributed by atoms with Crippen molar-refractivity contribution in [1.82, 2.24) is 0 Å². The fourth-order valence-electron chi connectivity index (χ4n) is 9.75. The van der Waals surface area contributed by atoms with E-state index in [1.54, 1.807) is 0 Å². The van der Waals surface area contributed by atoms with E-state index in [0.717, 1.165) is 49.8 Å². The van der Waals surface area contributed by atoms with Crippen LogP contribution in [0.15, 0.2) is 0 Å². The van der Waals surface area contributed by atoms with Crippen LogP contribution in [0.4, 0.5) is 0 Å². The molecule has 0 radical (unpaired) electrons. The molecule has 93 heavy (non-hydrogen) atoms. The zero-order valence-corrected chi connectivity index (χ0v) is 53.3. The van der Waals surface area contributed by atoms with Gasteiger partial charge in [0.2, 0.25) is 31.2 Å². The predicted octanol–water partition coefficient (Wildman–Crippen LogP) is -12.2. The largest absolute Gasteiger partial charge is 0.726 e. The second kappa shape index (κ2) is 39.6. The summed E-state index contributed by atoms with van der Waals surface area (Å²) < 4.78 is 250. The van der Waals surface area contributed by atoms with Crippen molar-refractivity contribution in [2.75, 3.05) is 69.6 Å². The molecule has 10 unspecified atom stereocenters. The second-order valence-electron chi connectivity index (χ2n) is 18.2. The zero-order chi connectivity index (χ0) is 69.0. The van der Waals surface area contributed by atoms with Gasteiger partial charge in [-0.05, 0) is 0 Å². The number of carbonyl (C=O) groups excluding carboxylic acids is 2. The van der Waals surface area contributed by atoms with Gasteiger partial charge in [0, 0.05) is 49.8 Å². The number of hydrogen-bond donors (Lipinski definition) is 1. The Kier molecular flexibility index (Phi) is 35.0. The van der Waals surface area contributed by atoms with E-state index < -0.39 is 241 Å². The molecule has 5 aliphatic rings. The van der Waals surface area contributed by atoms with Crippen molar-refractivity contribution in [2.45, 2.75) is 153 Å². The minimum absolute atomic E-state index is 0.207. The van der Waals surface area contributed by atoms with Gasteiger partial charge in [0.05, 0.1) is 37.8 Å². The summed E-state index contributed by atoms with van der Waals surface area (Å²) >= 11 is -1.28. The minimum atomic E-state index is -5.83. The van der Waals surface area contributed by atoms with Gasteiger partial charge in [-0.25, -0.2) is 25.3 Å². The Morgan fingerprint density at radius 1 is 0.366 bits per heavy atom. The maximum absolute atomic E-state index is 13.3. The lowest BCUT2D eigenvalue weighted by Crippen LogP contribution is -2.70. The molecule has 0 aromatic rings. The normalized spacial score (nSPS) is 37.2. The third-order valence-corrected chi connectivity index (χ3v) is 16.2. The van der Waals surface area contributed by atoms with Crippen LogP contribution >= 0.6 is 49.3 Å². The molecule has 0 amide bonds. The smallest absolute Gasteiger partial charge is 0.217 e. The third-order valence-electron chi connectivity index (χ3n) is 13.3. The summed E-state index contributed by atoms with van der Waals surface area (Å²) in [6.07, 6.45) is -48.8. The molecule has 0 aliphatic carbocycles. The molecule has 0 aromatic carbocycles. The summed E-state index contributed by atoms with van der Waals surface area (Å²) in [5.74, 6) is -4.40. The number of carbonyl (C=O) groups is 2. The summed E-state index contributed by atoms with van der Waals surface area (Å²) in [6.45, 7) is -3.88. The molecular formula is C37H54NO48S7-9. The molecule has 0 aromatic heterocycles. The number of nitrogens with two attached hydrogens (primary N) is 1. The number of hydrogen-bond acceptors (Lipinski definition) is 53. The molecule has 0 spiro atoms. The van der Waals surface area contributed by atoms with Crippen molar-refractivity contribution in [3.63, 3.8) is 0 Å². The van der Waals surface area contributed by atoms with Crippen molar-refractivity contribution in [1.29, 1.82) is 0 Å². The lowest BCUT2D eigenvalue weighted by Gasteiger charge is -2.52. The van der Waals surface area contributed by atoms with Gasteiger partial charge >= 0.3 is 0 Å². The molecule has 5 fully saturated rings. The van der Waals surface area contributed by atoms with Crippen LogP contribution in [-0.2, 0) is 183 Å². The summed E-state index contributed by atoms with van der Waals surface area (Å²) in [7, 11) is -9.83. The van der Waals surface area contributed by atoms with Crippen LogP contribution < -0.4 is 37.0 Å². The molecule has 2 N–H and O–H groups in total. The monoisotopic (exact) mass is 1500 g/mol. The topological polar surface area (TPSA) is 656 Å². The molecule has 25 atom stereocenters. The zero-order valence-electron chi connectivity index (χ0n) is 47.6. The van der Waals surface area contributed by atoms with Gasteiger partial charge in [0.1, 0.15) is 104 Å². The van der Waals surface area contributed by atoms with E-state index in [4.69, 9.17) is 98.3 Å². The van der Waals surface area contributed by atoms with Gasteiger partial charge in [0.15, 0.2) is 93.0 Å². The Bertz CT molecular complexity index is 2560. The highest BCUT2D eigenvalue weighted by atomic mass is 32.3. The molecule has 5 saturated heterocycles. The average Bonchev–Trinajstić information content (AvgIpc) is 0.772. The lowest BCUT2D eigenvalue weighted by atomic mass is 9.94. The fourth-order valence-corrected chi connectivity index (χ4v) is 12.1. The first-order valence-electron chi connectivity index (χ1n) is 24.8. The summed E-state index contributed by atoms with van der Waals surface area (Å²) in [4.78, 5) is 26.4. The molecule has 5 rings (SSSR count). The molecule has 0 saturated carbocycles. The molecule has 546 valence electrons. The first-order valence-corrected chi connectivity index (χ1v) is 31.5. The summed E-state index contributed by atoms with van der Waals surface area (Å²) in [6, 6.07) is -1.47. The third kappa shape index (κ3) is 23.3. The molecule has 5 aliphatic heterocycles. The predicted molar refractivity (Wildman–Crippen MR) is 258 cm³/mol. The van der Waals surface area contributed by atoms with Crippen LogP contribution in [-0.4, -0.2) is 274 Å². The Morgan fingerprint density at radius 3 is 0.978 bits per heavy atom. The minimum Gasteiger partial charge on any atom is -0.726 e. The number of ether oxygens (including phenoxy) is 16. The van der Waals surface area contributed by atoms with E-state index in [9.17, 15) is 79.7 Å². The Hall–Kier alpha value is -1.37. The number of rotatable bonds is 42. The van der Waals surface area contributed by atoms with Gasteiger partial charge in [0.25, 0.3) is 0 Å². The van der Waals surface area contributed by atoms with Gasteiger partial charge in [-0.15, -0.1) is 17.3 Å². The maximum Gasteiger partial charge on any atom is 0.217 e. The maximum atomic E-state index is 13.3. The number of aliphatic carboxylic acids is 2. The van der Waals surface area contributed by atoms with E-state index in [-0.39, 0.29) is 24.6 Å². The molecule has 5 heterocycles. The molecule has 0 bridgehead atoms. The van der Waals surface area contributed by atoms with Gasteiger partial charge in [-0.2, -0.15) is 0 Å². The molecular weight excluding hydrogens is 1450 g/mol. The van der Waals surface area contributed by atoms with Crippen molar-refractivity contribution >= 4 is 92.4 Å². The van der Waals surface area contributed by atoms with Gasteiger partial charge in [-0.3, -0.25) is 49.4 Å². The highest BCUT2D eigenvalue weighted by molar-refractivity contribution is 7.90. The van der Waals surface area contributed by atoms with E-state index in [1.807, 2.05) is 0 Å². The van der Waals surface area contributed by atoms with Crippen LogP contribution in [0.3, 0.4) is 0 Å². The fraction of sp³-hybridized carbons (Fsp3) is 0.946. The highest BCUT2D eigenvalue weighted by Gasteiger charge is 2.60. The van der Waals surface area contributed by atoms with E-state index in [1.165, 1.54) is 0 Å². The van der Waals surface area contributed by atoms with Crippen LogP contribution in [0.25, 0.3) is 0 Å². The first kappa shape index (κ1) is 82.3. The Labute approximate surface area is 541 Å². The van der Waals surface area contributed by atoms with Crippen LogP contribution in [0.5, 0.6) is 0 Å². The van der Waals surface area contributed by atoms with Crippen LogP contribution in [0.1, 0.15) is 0 Å².